The summed E-state index contributed by atoms with van der Waals surface area (Å²) >= 11 is 0. The van der Waals surface area contributed by atoms with Gasteiger partial charge in [0.25, 0.3) is 0 Å². The first-order valence-electron chi connectivity index (χ1n) is 19.3. The van der Waals surface area contributed by atoms with Crippen molar-refractivity contribution in [2.75, 3.05) is 6.61 Å². The normalized spacial score (nSPS) is 14.2. The molecule has 45 heavy (non-hydrogen) atoms. The number of allylic oxidation sites excluding steroid dienone is 4. The first kappa shape index (κ1) is 43.6. The van der Waals surface area contributed by atoms with Gasteiger partial charge in [0.05, 0.1) is 31.3 Å². The minimum Gasteiger partial charge on any atom is -0.394 e. The predicted octanol–water partition coefficient (Wildman–Crippen LogP) is 10.4. The molecule has 0 aliphatic heterocycles. The van der Waals surface area contributed by atoms with Crippen molar-refractivity contribution in [3.63, 3.8) is 0 Å². The van der Waals surface area contributed by atoms with Crippen LogP contribution in [0.3, 0.4) is 0 Å². The van der Waals surface area contributed by atoms with Crippen LogP contribution in [0.4, 0.5) is 0 Å². The molecule has 0 radical (unpaired) electrons. The lowest BCUT2D eigenvalue weighted by atomic mass is 10.0. The van der Waals surface area contributed by atoms with Crippen LogP contribution in [-0.2, 0) is 4.79 Å². The van der Waals surface area contributed by atoms with Crippen molar-refractivity contribution >= 4 is 5.91 Å². The predicted molar refractivity (Wildman–Crippen MR) is 194 cm³/mol. The molecular formula is C40H75NO4. The van der Waals surface area contributed by atoms with Gasteiger partial charge >= 0.3 is 0 Å². The monoisotopic (exact) mass is 634 g/mol. The highest BCUT2D eigenvalue weighted by molar-refractivity contribution is 5.76. The number of unbranched alkanes of at least 4 members (excludes halogenated alkanes) is 22. The van der Waals surface area contributed by atoms with Crippen LogP contribution in [-0.4, -0.2) is 46.1 Å². The molecule has 3 atom stereocenters. The van der Waals surface area contributed by atoms with Crippen LogP contribution in [0, 0.1) is 0 Å². The van der Waals surface area contributed by atoms with E-state index in [1.54, 1.807) is 6.08 Å². The van der Waals surface area contributed by atoms with E-state index < -0.39 is 18.2 Å². The summed E-state index contributed by atoms with van der Waals surface area (Å²) in [7, 11) is 0. The number of rotatable bonds is 34. The Morgan fingerprint density at radius 2 is 0.956 bits per heavy atom. The number of hydrogen-bond donors (Lipinski definition) is 4. The Balaban J connectivity index is 3.69. The third-order valence-electron chi connectivity index (χ3n) is 8.65. The second-order valence-electron chi connectivity index (χ2n) is 13.2. The number of amides is 1. The summed E-state index contributed by atoms with van der Waals surface area (Å²) < 4.78 is 0. The fraction of sp³-hybridized carbons (Fsp3) is 0.825. The second kappa shape index (κ2) is 35.4. The Labute approximate surface area is 279 Å². The Morgan fingerprint density at radius 3 is 1.44 bits per heavy atom. The Kier molecular flexibility index (Phi) is 34.3. The van der Waals surface area contributed by atoms with Gasteiger partial charge in [0.1, 0.15) is 0 Å². The third-order valence-corrected chi connectivity index (χ3v) is 8.65. The number of aliphatic hydroxyl groups excluding tert-OH is 3. The number of aliphatic hydroxyl groups is 3. The summed E-state index contributed by atoms with van der Waals surface area (Å²) in [6.07, 6.45) is 43.1. The molecule has 1 amide bonds. The van der Waals surface area contributed by atoms with Gasteiger partial charge in [-0.25, -0.2) is 0 Å². The van der Waals surface area contributed by atoms with Crippen molar-refractivity contribution in [2.45, 2.75) is 205 Å². The van der Waals surface area contributed by atoms with Crippen molar-refractivity contribution in [2.24, 2.45) is 0 Å². The van der Waals surface area contributed by atoms with Crippen LogP contribution in [0.1, 0.15) is 187 Å². The van der Waals surface area contributed by atoms with Crippen LogP contribution in [0.25, 0.3) is 0 Å². The van der Waals surface area contributed by atoms with Crippen LogP contribution in [0.2, 0.25) is 0 Å². The van der Waals surface area contributed by atoms with Crippen LogP contribution < -0.4 is 5.32 Å². The van der Waals surface area contributed by atoms with E-state index in [0.29, 0.717) is 6.42 Å². The molecule has 5 nitrogen and oxygen atoms in total. The zero-order valence-corrected chi connectivity index (χ0v) is 29.7. The zero-order chi connectivity index (χ0) is 33.1. The van der Waals surface area contributed by atoms with Crippen molar-refractivity contribution in [3.8, 4) is 0 Å². The molecule has 0 aliphatic rings. The van der Waals surface area contributed by atoms with E-state index in [-0.39, 0.29) is 18.9 Å². The standard InChI is InChI=1S/C40H75NO4/c1-3-5-7-9-11-12-13-14-15-16-17-18-19-20-21-22-23-24-25-26-28-30-32-34-39(44)38(36-42)41-40(45)35-37(43)33-31-29-27-10-8-6-4-2/h25-26,29,31-32,34,37-39,42-44H,3-24,27-28,30,33,35-36H2,1-2H3,(H,41,45)/b26-25+,31-29-,34-32+. The topological polar surface area (TPSA) is 89.8 Å². The van der Waals surface area contributed by atoms with Gasteiger partial charge < -0.3 is 20.6 Å². The molecule has 0 heterocycles. The average molecular weight is 634 g/mol. The van der Waals surface area contributed by atoms with Crippen molar-refractivity contribution in [3.05, 3.63) is 36.5 Å². The van der Waals surface area contributed by atoms with E-state index in [1.165, 1.54) is 128 Å². The lowest BCUT2D eigenvalue weighted by Gasteiger charge is -2.20. The van der Waals surface area contributed by atoms with E-state index in [1.807, 2.05) is 12.2 Å². The highest BCUT2D eigenvalue weighted by Crippen LogP contribution is 2.14. The molecule has 3 unspecified atom stereocenters. The highest BCUT2D eigenvalue weighted by atomic mass is 16.3. The summed E-state index contributed by atoms with van der Waals surface area (Å²) in [5, 5.41) is 32.8. The van der Waals surface area contributed by atoms with Crippen LogP contribution >= 0.6 is 0 Å². The minimum atomic E-state index is -0.960. The Morgan fingerprint density at radius 1 is 0.556 bits per heavy atom. The average Bonchev–Trinajstić information content (AvgIpc) is 3.03. The molecule has 0 spiro atoms. The summed E-state index contributed by atoms with van der Waals surface area (Å²) in [6.45, 7) is 4.12. The Bertz CT molecular complexity index is 704. The SMILES string of the molecule is CCCCCC/C=C\CC(O)CC(=O)NC(CO)C(O)/C=C/CC/C=C/CCCCCCCCCCCCCCCCCCC. The fourth-order valence-electron chi connectivity index (χ4n) is 5.65. The highest BCUT2D eigenvalue weighted by Gasteiger charge is 2.19. The fourth-order valence-corrected chi connectivity index (χ4v) is 5.65. The smallest absolute Gasteiger partial charge is 0.223 e. The van der Waals surface area contributed by atoms with Gasteiger partial charge in [-0.15, -0.1) is 0 Å². The van der Waals surface area contributed by atoms with E-state index in [4.69, 9.17) is 0 Å². The summed E-state index contributed by atoms with van der Waals surface area (Å²) in [5.41, 5.74) is 0. The van der Waals surface area contributed by atoms with Crippen LogP contribution in [0.15, 0.2) is 36.5 Å². The molecule has 0 bridgehead atoms. The maximum atomic E-state index is 12.3. The number of carbonyl (C=O) groups is 1. The first-order valence-corrected chi connectivity index (χ1v) is 19.3. The molecule has 0 aromatic heterocycles. The molecule has 5 heteroatoms. The second-order valence-corrected chi connectivity index (χ2v) is 13.2. The van der Waals surface area contributed by atoms with Gasteiger partial charge in [-0.1, -0.05) is 172 Å². The van der Waals surface area contributed by atoms with Crippen molar-refractivity contribution in [1.29, 1.82) is 0 Å². The molecule has 0 aromatic carbocycles. The van der Waals surface area contributed by atoms with E-state index in [9.17, 15) is 20.1 Å². The maximum Gasteiger partial charge on any atom is 0.223 e. The van der Waals surface area contributed by atoms with Gasteiger partial charge in [0, 0.05) is 0 Å². The number of nitrogens with one attached hydrogen (secondary N) is 1. The quantitative estimate of drug-likeness (QED) is 0.0419. The molecule has 0 saturated carbocycles. The number of carbonyl (C=O) groups excluding carboxylic acids is 1. The molecule has 264 valence electrons. The van der Waals surface area contributed by atoms with E-state index in [0.717, 1.165) is 32.1 Å². The molecule has 4 N–H and O–H groups in total. The van der Waals surface area contributed by atoms with Crippen LogP contribution in [0.5, 0.6) is 0 Å². The molecule has 0 aromatic rings. The summed E-state index contributed by atoms with van der Waals surface area (Å²) in [5.74, 6) is -0.363. The zero-order valence-electron chi connectivity index (χ0n) is 29.7. The molecule has 0 rings (SSSR count). The summed E-state index contributed by atoms with van der Waals surface area (Å²) in [4.78, 5) is 12.3. The third kappa shape index (κ3) is 32.3. The first-order chi connectivity index (χ1) is 22.0. The van der Waals surface area contributed by atoms with Gasteiger partial charge in [0.15, 0.2) is 0 Å². The summed E-state index contributed by atoms with van der Waals surface area (Å²) in [6, 6.07) is -0.773. The van der Waals surface area contributed by atoms with E-state index >= 15 is 0 Å². The number of hydrogen-bond acceptors (Lipinski definition) is 4. The van der Waals surface area contributed by atoms with Gasteiger partial charge in [0.2, 0.25) is 5.91 Å². The van der Waals surface area contributed by atoms with E-state index in [2.05, 4.69) is 37.4 Å². The Hall–Kier alpha value is -1.43. The molecule has 0 fully saturated rings. The molecular weight excluding hydrogens is 558 g/mol. The maximum absolute atomic E-state index is 12.3. The van der Waals surface area contributed by atoms with Gasteiger partial charge in [-0.2, -0.15) is 0 Å². The molecule has 0 aliphatic carbocycles. The van der Waals surface area contributed by atoms with Crippen molar-refractivity contribution < 1.29 is 20.1 Å². The van der Waals surface area contributed by atoms with Crippen molar-refractivity contribution in [1.82, 2.24) is 5.32 Å². The lowest BCUT2D eigenvalue weighted by molar-refractivity contribution is -0.124. The minimum absolute atomic E-state index is 0.0443. The largest absolute Gasteiger partial charge is 0.394 e. The molecule has 0 saturated heterocycles. The van der Waals surface area contributed by atoms with Gasteiger partial charge in [-0.05, 0) is 44.9 Å². The van der Waals surface area contributed by atoms with Gasteiger partial charge in [-0.3, -0.25) is 4.79 Å². The lowest BCUT2D eigenvalue weighted by Crippen LogP contribution is -2.45.